The van der Waals surface area contributed by atoms with Crippen LogP contribution in [0.2, 0.25) is 0 Å². The molecule has 1 amide bonds. The first-order chi connectivity index (χ1) is 12.4. The number of carbonyl (C=O) groups is 1. The van der Waals surface area contributed by atoms with Crippen molar-refractivity contribution < 1.29 is 22.7 Å². The summed E-state index contributed by atoms with van der Waals surface area (Å²) in [6.07, 6.45) is 0.542. The highest BCUT2D eigenvalue weighted by atomic mass is 79.9. The minimum absolute atomic E-state index is 0.0657. The number of methoxy groups -OCH3 is 2. The summed E-state index contributed by atoms with van der Waals surface area (Å²) >= 11 is 4.38. The van der Waals surface area contributed by atoms with E-state index in [4.69, 9.17) is 9.47 Å². The molecule has 1 aromatic carbocycles. The van der Waals surface area contributed by atoms with Crippen molar-refractivity contribution >= 4 is 43.0 Å². The van der Waals surface area contributed by atoms with Gasteiger partial charge in [0.15, 0.2) is 21.3 Å². The van der Waals surface area contributed by atoms with E-state index < -0.39 is 9.84 Å². The Hall–Kier alpha value is -1.58. The fourth-order valence-electron chi connectivity index (χ4n) is 2.26. The van der Waals surface area contributed by atoms with Crippen molar-refractivity contribution in [3.05, 3.63) is 39.7 Å². The minimum atomic E-state index is -3.43. The number of ether oxygens (including phenoxy) is 2. The highest BCUT2D eigenvalue weighted by Gasteiger charge is 2.18. The lowest BCUT2D eigenvalue weighted by molar-refractivity contribution is -0.120. The molecule has 0 aliphatic heterocycles. The SMILES string of the molecule is COc1ccc(CCNC(=O)CCS(=O)(=O)c2ccc(Br)s2)cc1OC. The smallest absolute Gasteiger partial charge is 0.221 e. The molecule has 0 saturated heterocycles. The lowest BCUT2D eigenvalue weighted by Crippen LogP contribution is -2.27. The molecule has 26 heavy (non-hydrogen) atoms. The molecule has 0 bridgehead atoms. The average Bonchev–Trinajstić information content (AvgIpc) is 3.07. The van der Waals surface area contributed by atoms with Crippen molar-refractivity contribution in [1.82, 2.24) is 5.32 Å². The average molecular weight is 462 g/mol. The van der Waals surface area contributed by atoms with Crippen LogP contribution in [-0.4, -0.2) is 40.8 Å². The second kappa shape index (κ2) is 9.38. The first kappa shape index (κ1) is 20.7. The maximum absolute atomic E-state index is 12.2. The van der Waals surface area contributed by atoms with Gasteiger partial charge < -0.3 is 14.8 Å². The fourth-order valence-corrected chi connectivity index (χ4v) is 5.66. The summed E-state index contributed by atoms with van der Waals surface area (Å²) < 4.78 is 35.8. The van der Waals surface area contributed by atoms with Crippen LogP contribution in [-0.2, 0) is 21.1 Å². The second-order valence-electron chi connectivity index (χ2n) is 5.42. The molecule has 0 fully saturated rings. The summed E-state index contributed by atoms with van der Waals surface area (Å²) in [5.41, 5.74) is 0.985. The monoisotopic (exact) mass is 461 g/mol. The second-order valence-corrected chi connectivity index (χ2v) is 10.2. The standard InChI is InChI=1S/C17H20BrNO5S2/c1-23-13-4-3-12(11-14(13)24-2)7-9-19-16(20)8-10-26(21,22)17-6-5-15(18)25-17/h3-6,11H,7-10H2,1-2H3,(H,19,20). The molecular formula is C17H20BrNO5S2. The van der Waals surface area contributed by atoms with E-state index in [9.17, 15) is 13.2 Å². The highest BCUT2D eigenvalue weighted by molar-refractivity contribution is 9.11. The van der Waals surface area contributed by atoms with Crippen LogP contribution in [0, 0.1) is 0 Å². The molecule has 0 atom stereocenters. The zero-order chi connectivity index (χ0) is 19.2. The Morgan fingerprint density at radius 1 is 1.15 bits per heavy atom. The minimum Gasteiger partial charge on any atom is -0.493 e. The normalized spacial score (nSPS) is 11.2. The van der Waals surface area contributed by atoms with Gasteiger partial charge in [0, 0.05) is 13.0 Å². The first-order valence-corrected chi connectivity index (χ1v) is 11.1. The Morgan fingerprint density at radius 3 is 2.50 bits per heavy atom. The van der Waals surface area contributed by atoms with Crippen LogP contribution in [0.3, 0.4) is 0 Å². The Morgan fingerprint density at radius 2 is 1.88 bits per heavy atom. The van der Waals surface area contributed by atoms with E-state index in [-0.39, 0.29) is 22.3 Å². The number of nitrogens with one attached hydrogen (secondary N) is 1. The van der Waals surface area contributed by atoms with Crippen molar-refractivity contribution in [2.45, 2.75) is 17.1 Å². The van der Waals surface area contributed by atoms with E-state index in [1.807, 2.05) is 18.2 Å². The molecule has 2 rings (SSSR count). The van der Waals surface area contributed by atoms with E-state index in [0.717, 1.165) is 20.7 Å². The Kier molecular flexibility index (Phi) is 7.48. The van der Waals surface area contributed by atoms with Gasteiger partial charge in [0.1, 0.15) is 4.21 Å². The third-order valence-electron chi connectivity index (χ3n) is 3.64. The highest BCUT2D eigenvalue weighted by Crippen LogP contribution is 2.28. The van der Waals surface area contributed by atoms with E-state index in [2.05, 4.69) is 21.2 Å². The van der Waals surface area contributed by atoms with Gasteiger partial charge in [-0.1, -0.05) is 6.07 Å². The first-order valence-electron chi connectivity index (χ1n) is 7.81. The van der Waals surface area contributed by atoms with Crippen LogP contribution in [0.5, 0.6) is 11.5 Å². The van der Waals surface area contributed by atoms with Crippen molar-refractivity contribution in [3.63, 3.8) is 0 Å². The van der Waals surface area contributed by atoms with Gasteiger partial charge in [-0.15, -0.1) is 11.3 Å². The molecule has 0 aliphatic carbocycles. The number of halogens is 1. The number of thiophene rings is 1. The van der Waals surface area contributed by atoms with Crippen LogP contribution < -0.4 is 14.8 Å². The van der Waals surface area contributed by atoms with Gasteiger partial charge in [-0.3, -0.25) is 4.79 Å². The van der Waals surface area contributed by atoms with Crippen molar-refractivity contribution in [1.29, 1.82) is 0 Å². The molecule has 6 nitrogen and oxygen atoms in total. The number of hydrogen-bond donors (Lipinski definition) is 1. The van der Waals surface area contributed by atoms with E-state index >= 15 is 0 Å². The number of sulfone groups is 1. The maximum atomic E-state index is 12.2. The van der Waals surface area contributed by atoms with Crippen molar-refractivity contribution in [2.75, 3.05) is 26.5 Å². The number of benzene rings is 1. The molecule has 0 saturated carbocycles. The number of hydrogen-bond acceptors (Lipinski definition) is 6. The Balaban J connectivity index is 1.80. The third-order valence-corrected chi connectivity index (χ3v) is 7.56. The van der Waals surface area contributed by atoms with Gasteiger partial charge in [0.05, 0.1) is 23.8 Å². The molecule has 1 heterocycles. The Bertz CT molecular complexity index is 864. The van der Waals surface area contributed by atoms with Crippen LogP contribution in [0.1, 0.15) is 12.0 Å². The third kappa shape index (κ3) is 5.72. The zero-order valence-electron chi connectivity index (χ0n) is 14.5. The molecule has 9 heteroatoms. The summed E-state index contributed by atoms with van der Waals surface area (Å²) in [5.74, 6) is 0.780. The summed E-state index contributed by atoms with van der Waals surface area (Å²) in [5, 5.41) is 2.75. The molecule has 1 aromatic heterocycles. The van der Waals surface area contributed by atoms with Crippen molar-refractivity contribution in [3.8, 4) is 11.5 Å². The predicted molar refractivity (Wildman–Crippen MR) is 105 cm³/mol. The van der Waals surface area contributed by atoms with Crippen LogP contribution >= 0.6 is 27.3 Å². The fraction of sp³-hybridized carbons (Fsp3) is 0.353. The van der Waals surface area contributed by atoms with E-state index in [1.54, 1.807) is 26.4 Å². The topological polar surface area (TPSA) is 81.7 Å². The summed E-state index contributed by atoms with van der Waals surface area (Å²) in [7, 11) is -0.296. The van der Waals surface area contributed by atoms with E-state index in [0.29, 0.717) is 24.5 Å². The number of carbonyl (C=O) groups excluding carboxylic acids is 1. The zero-order valence-corrected chi connectivity index (χ0v) is 17.7. The van der Waals surface area contributed by atoms with Crippen LogP contribution in [0.25, 0.3) is 0 Å². The summed E-state index contributed by atoms with van der Waals surface area (Å²) in [4.78, 5) is 11.9. The molecule has 142 valence electrons. The summed E-state index contributed by atoms with van der Waals surface area (Å²) in [6.45, 7) is 0.416. The quantitative estimate of drug-likeness (QED) is 0.620. The Labute approximate surface area is 165 Å². The van der Waals surface area contributed by atoms with Gasteiger partial charge >= 0.3 is 0 Å². The molecular weight excluding hydrogens is 442 g/mol. The molecule has 0 aliphatic rings. The van der Waals surface area contributed by atoms with Crippen LogP contribution in [0.15, 0.2) is 38.3 Å². The predicted octanol–water partition coefficient (Wildman–Crippen LogP) is 3.05. The lowest BCUT2D eigenvalue weighted by Gasteiger charge is -2.10. The van der Waals surface area contributed by atoms with Crippen molar-refractivity contribution in [2.24, 2.45) is 0 Å². The van der Waals surface area contributed by atoms with Gasteiger partial charge in [0.25, 0.3) is 0 Å². The molecule has 2 aromatic rings. The van der Waals surface area contributed by atoms with Gasteiger partial charge in [-0.05, 0) is 52.2 Å². The van der Waals surface area contributed by atoms with Gasteiger partial charge in [0.2, 0.25) is 5.91 Å². The van der Waals surface area contributed by atoms with Crippen LogP contribution in [0.4, 0.5) is 0 Å². The number of amides is 1. The van der Waals surface area contributed by atoms with E-state index in [1.165, 1.54) is 0 Å². The number of rotatable bonds is 9. The largest absolute Gasteiger partial charge is 0.493 e. The molecule has 0 radical (unpaired) electrons. The molecule has 0 spiro atoms. The lowest BCUT2D eigenvalue weighted by atomic mass is 10.1. The molecule has 1 N–H and O–H groups in total. The summed E-state index contributed by atoms with van der Waals surface area (Å²) in [6, 6.07) is 8.78. The van der Waals surface area contributed by atoms with Gasteiger partial charge in [-0.2, -0.15) is 0 Å². The maximum Gasteiger partial charge on any atom is 0.221 e. The molecule has 0 unspecified atom stereocenters. The van der Waals surface area contributed by atoms with Gasteiger partial charge in [-0.25, -0.2) is 8.42 Å².